The van der Waals surface area contributed by atoms with E-state index in [0.717, 1.165) is 42.1 Å². The molecule has 0 radical (unpaired) electrons. The van der Waals surface area contributed by atoms with Gasteiger partial charge in [0.1, 0.15) is 11.0 Å². The maximum atomic E-state index is 13.0. The van der Waals surface area contributed by atoms with Gasteiger partial charge in [-0.05, 0) is 42.7 Å². The molecule has 0 aliphatic carbocycles. The van der Waals surface area contributed by atoms with Crippen molar-refractivity contribution in [2.75, 3.05) is 20.2 Å². The summed E-state index contributed by atoms with van der Waals surface area (Å²) < 4.78 is 5.20. The van der Waals surface area contributed by atoms with E-state index in [4.69, 9.17) is 4.74 Å². The van der Waals surface area contributed by atoms with Gasteiger partial charge in [0.2, 0.25) is 5.91 Å². The molecular formula is C19H21NO2S. The molecule has 1 aliphatic rings. The molecule has 0 spiro atoms. The van der Waals surface area contributed by atoms with Crippen molar-refractivity contribution in [3.63, 3.8) is 0 Å². The molecule has 0 saturated carbocycles. The zero-order valence-electron chi connectivity index (χ0n) is 13.3. The molecule has 0 N–H and O–H groups in total. The number of thioether (sulfide) groups is 1. The largest absolute Gasteiger partial charge is 0.497 e. The normalized spacial score (nSPS) is 15.4. The average Bonchev–Trinajstić information content (AvgIpc) is 3.15. The third kappa shape index (κ3) is 3.88. The summed E-state index contributed by atoms with van der Waals surface area (Å²) >= 11 is 1.61. The highest BCUT2D eigenvalue weighted by molar-refractivity contribution is 8.00. The van der Waals surface area contributed by atoms with E-state index in [-0.39, 0.29) is 11.2 Å². The lowest BCUT2D eigenvalue weighted by atomic mass is 10.1. The van der Waals surface area contributed by atoms with Crippen molar-refractivity contribution < 1.29 is 9.53 Å². The minimum atomic E-state index is -0.192. The molecule has 3 rings (SSSR count). The van der Waals surface area contributed by atoms with Gasteiger partial charge in [-0.3, -0.25) is 4.79 Å². The van der Waals surface area contributed by atoms with E-state index < -0.39 is 0 Å². The highest BCUT2D eigenvalue weighted by Crippen LogP contribution is 2.37. The maximum absolute atomic E-state index is 13.0. The summed E-state index contributed by atoms with van der Waals surface area (Å²) in [5.41, 5.74) is 1.06. The van der Waals surface area contributed by atoms with Gasteiger partial charge in [0, 0.05) is 18.0 Å². The van der Waals surface area contributed by atoms with Crippen LogP contribution in [0.15, 0.2) is 59.5 Å². The van der Waals surface area contributed by atoms with E-state index >= 15 is 0 Å². The Labute approximate surface area is 141 Å². The zero-order chi connectivity index (χ0) is 16.1. The Morgan fingerprint density at radius 3 is 2.30 bits per heavy atom. The molecule has 1 fully saturated rings. The second-order valence-corrected chi connectivity index (χ2v) is 6.80. The van der Waals surface area contributed by atoms with E-state index in [1.165, 1.54) is 0 Å². The highest BCUT2D eigenvalue weighted by Gasteiger charge is 2.28. The Morgan fingerprint density at radius 2 is 1.70 bits per heavy atom. The van der Waals surface area contributed by atoms with E-state index in [2.05, 4.69) is 0 Å². The molecule has 0 bridgehead atoms. The van der Waals surface area contributed by atoms with Gasteiger partial charge < -0.3 is 9.64 Å². The van der Waals surface area contributed by atoms with Crippen LogP contribution in [0.4, 0.5) is 0 Å². The fourth-order valence-electron chi connectivity index (χ4n) is 2.78. The van der Waals surface area contributed by atoms with Gasteiger partial charge in [-0.1, -0.05) is 30.3 Å². The highest BCUT2D eigenvalue weighted by atomic mass is 32.2. The minimum Gasteiger partial charge on any atom is -0.497 e. The molecule has 23 heavy (non-hydrogen) atoms. The van der Waals surface area contributed by atoms with Crippen LogP contribution in [0.25, 0.3) is 0 Å². The van der Waals surface area contributed by atoms with Crippen LogP contribution in [0.3, 0.4) is 0 Å². The van der Waals surface area contributed by atoms with Crippen molar-refractivity contribution in [1.82, 2.24) is 4.90 Å². The van der Waals surface area contributed by atoms with Crippen LogP contribution < -0.4 is 4.74 Å². The Hall–Kier alpha value is -1.94. The number of methoxy groups -OCH3 is 1. The molecule has 1 aliphatic heterocycles. The maximum Gasteiger partial charge on any atom is 0.240 e. The smallest absolute Gasteiger partial charge is 0.240 e. The van der Waals surface area contributed by atoms with Crippen molar-refractivity contribution in [1.29, 1.82) is 0 Å². The first-order valence-corrected chi connectivity index (χ1v) is 8.80. The lowest BCUT2D eigenvalue weighted by molar-refractivity contribution is -0.129. The number of carbonyl (C=O) groups is 1. The molecule has 120 valence electrons. The lowest BCUT2D eigenvalue weighted by Gasteiger charge is -2.23. The summed E-state index contributed by atoms with van der Waals surface area (Å²) in [6.07, 6.45) is 2.22. The first-order valence-electron chi connectivity index (χ1n) is 7.92. The second kappa shape index (κ2) is 7.55. The number of nitrogens with zero attached hydrogens (tertiary/aromatic N) is 1. The first kappa shape index (κ1) is 15.9. The van der Waals surface area contributed by atoms with E-state index in [1.54, 1.807) is 18.9 Å². The monoisotopic (exact) mass is 327 g/mol. The number of carbonyl (C=O) groups excluding carboxylic acids is 1. The van der Waals surface area contributed by atoms with Crippen LogP contribution in [-0.4, -0.2) is 31.0 Å². The van der Waals surface area contributed by atoms with Gasteiger partial charge in [0.05, 0.1) is 7.11 Å². The summed E-state index contributed by atoms with van der Waals surface area (Å²) in [6, 6.07) is 17.9. The molecule has 4 heteroatoms. The Morgan fingerprint density at radius 1 is 1.04 bits per heavy atom. The molecule has 1 amide bonds. The van der Waals surface area contributed by atoms with Crippen LogP contribution in [0.5, 0.6) is 5.75 Å². The fourth-order valence-corrected chi connectivity index (χ4v) is 3.89. The Balaban J connectivity index is 1.83. The quantitative estimate of drug-likeness (QED) is 0.773. The minimum absolute atomic E-state index is 0.192. The molecule has 0 aromatic heterocycles. The number of benzene rings is 2. The number of hydrogen-bond acceptors (Lipinski definition) is 3. The predicted molar refractivity (Wildman–Crippen MR) is 93.8 cm³/mol. The van der Waals surface area contributed by atoms with E-state index in [1.807, 2.05) is 59.5 Å². The summed E-state index contributed by atoms with van der Waals surface area (Å²) in [7, 11) is 1.66. The summed E-state index contributed by atoms with van der Waals surface area (Å²) in [4.78, 5) is 16.0. The number of rotatable bonds is 5. The van der Waals surface area contributed by atoms with Gasteiger partial charge in [-0.25, -0.2) is 0 Å². The van der Waals surface area contributed by atoms with Crippen LogP contribution in [0, 0.1) is 0 Å². The molecule has 2 aromatic rings. The molecular weight excluding hydrogens is 306 g/mol. The third-order valence-corrected chi connectivity index (χ3v) is 5.31. The summed E-state index contributed by atoms with van der Waals surface area (Å²) in [5, 5.41) is -0.192. The van der Waals surface area contributed by atoms with Gasteiger partial charge in [0.15, 0.2) is 0 Å². The van der Waals surface area contributed by atoms with Gasteiger partial charge >= 0.3 is 0 Å². The van der Waals surface area contributed by atoms with Crippen LogP contribution >= 0.6 is 11.8 Å². The standard InChI is InChI=1S/C19H21NO2S/c1-22-16-9-11-17(12-10-16)23-18(15-7-3-2-4-8-15)19(21)20-13-5-6-14-20/h2-4,7-12,18H,5-6,13-14H2,1H3. The SMILES string of the molecule is COc1ccc(SC(C(=O)N2CCCC2)c2ccccc2)cc1. The molecule has 1 saturated heterocycles. The number of hydrogen-bond donors (Lipinski definition) is 0. The zero-order valence-corrected chi connectivity index (χ0v) is 14.1. The third-order valence-electron chi connectivity index (χ3n) is 4.06. The van der Waals surface area contributed by atoms with Crippen LogP contribution in [0.1, 0.15) is 23.7 Å². The first-order chi connectivity index (χ1) is 11.3. The van der Waals surface area contributed by atoms with Gasteiger partial charge in [-0.2, -0.15) is 0 Å². The van der Waals surface area contributed by atoms with E-state index in [0.29, 0.717) is 0 Å². The predicted octanol–water partition coefficient (Wildman–Crippen LogP) is 4.15. The number of ether oxygens (including phenoxy) is 1. The van der Waals surface area contributed by atoms with Crippen molar-refractivity contribution in [3.8, 4) is 5.75 Å². The Kier molecular flexibility index (Phi) is 5.23. The Bertz CT molecular complexity index is 636. The van der Waals surface area contributed by atoms with Crippen molar-refractivity contribution in [3.05, 3.63) is 60.2 Å². The number of likely N-dealkylation sites (tertiary alicyclic amines) is 1. The van der Waals surface area contributed by atoms with Crippen LogP contribution in [-0.2, 0) is 4.79 Å². The fraction of sp³-hybridized carbons (Fsp3) is 0.316. The van der Waals surface area contributed by atoms with Crippen molar-refractivity contribution in [2.45, 2.75) is 23.0 Å². The summed E-state index contributed by atoms with van der Waals surface area (Å²) in [6.45, 7) is 1.76. The molecule has 3 nitrogen and oxygen atoms in total. The topological polar surface area (TPSA) is 29.5 Å². The number of amides is 1. The molecule has 1 unspecified atom stereocenters. The van der Waals surface area contributed by atoms with Crippen molar-refractivity contribution >= 4 is 17.7 Å². The average molecular weight is 327 g/mol. The van der Waals surface area contributed by atoms with Crippen molar-refractivity contribution in [2.24, 2.45) is 0 Å². The second-order valence-electron chi connectivity index (χ2n) is 5.62. The molecule has 1 heterocycles. The lowest BCUT2D eigenvalue weighted by Crippen LogP contribution is -2.31. The molecule has 2 aromatic carbocycles. The van der Waals surface area contributed by atoms with Crippen LogP contribution in [0.2, 0.25) is 0 Å². The summed E-state index contributed by atoms with van der Waals surface area (Å²) in [5.74, 6) is 1.05. The van der Waals surface area contributed by atoms with Gasteiger partial charge in [0.25, 0.3) is 0 Å². The molecule has 1 atom stereocenters. The van der Waals surface area contributed by atoms with Gasteiger partial charge in [-0.15, -0.1) is 11.8 Å². The van der Waals surface area contributed by atoms with E-state index in [9.17, 15) is 4.79 Å².